The SMILES string of the molecule is CC(C)(C)C1CCc2c(sc3ncn(CCC(=O)N4CCN(c5ccccn5)CC4)c(=O)c23)C1. The van der Waals surface area contributed by atoms with Crippen LogP contribution in [0.2, 0.25) is 0 Å². The summed E-state index contributed by atoms with van der Waals surface area (Å²) in [6, 6.07) is 5.89. The van der Waals surface area contributed by atoms with Gasteiger partial charge >= 0.3 is 0 Å². The van der Waals surface area contributed by atoms with Crippen LogP contribution in [0.25, 0.3) is 10.2 Å². The maximum atomic E-state index is 13.3. The van der Waals surface area contributed by atoms with Gasteiger partial charge in [-0.3, -0.25) is 14.2 Å². The van der Waals surface area contributed by atoms with Crippen LogP contribution in [0.1, 0.15) is 44.1 Å². The number of piperazine rings is 1. The molecule has 1 aliphatic heterocycles. The standard InChI is InChI=1S/C26H33N5O2S/c1-26(2,3)18-7-8-19-20(16-18)34-24-23(19)25(33)31(17-28-24)11-9-22(32)30-14-12-29(13-15-30)21-6-4-5-10-27-21/h4-6,10,17-18H,7-9,11-16H2,1-3H3. The molecule has 1 atom stereocenters. The fourth-order valence-corrected chi connectivity index (χ4v) is 6.46. The van der Waals surface area contributed by atoms with Crippen molar-refractivity contribution in [3.63, 3.8) is 0 Å². The van der Waals surface area contributed by atoms with Gasteiger partial charge in [0.05, 0.1) is 11.7 Å². The summed E-state index contributed by atoms with van der Waals surface area (Å²) in [5.41, 5.74) is 1.47. The van der Waals surface area contributed by atoms with E-state index in [1.54, 1.807) is 28.4 Å². The normalized spacial score (nSPS) is 18.9. The van der Waals surface area contributed by atoms with Crippen LogP contribution >= 0.6 is 11.3 Å². The summed E-state index contributed by atoms with van der Waals surface area (Å²) in [6.45, 7) is 10.2. The molecule has 3 aromatic heterocycles. The maximum absolute atomic E-state index is 13.3. The number of hydrogen-bond donors (Lipinski definition) is 0. The molecule has 1 unspecified atom stereocenters. The molecule has 0 aromatic carbocycles. The number of hydrogen-bond acceptors (Lipinski definition) is 6. The molecular formula is C26H33N5O2S. The van der Waals surface area contributed by atoms with Crippen LogP contribution in [0.5, 0.6) is 0 Å². The van der Waals surface area contributed by atoms with Crippen LogP contribution in [0, 0.1) is 11.3 Å². The van der Waals surface area contributed by atoms with E-state index in [9.17, 15) is 9.59 Å². The zero-order chi connectivity index (χ0) is 23.9. The van der Waals surface area contributed by atoms with Crippen LogP contribution in [0.15, 0.2) is 35.5 Å². The van der Waals surface area contributed by atoms with Crippen molar-refractivity contribution in [1.82, 2.24) is 19.4 Å². The highest BCUT2D eigenvalue weighted by molar-refractivity contribution is 7.18. The van der Waals surface area contributed by atoms with Crippen LogP contribution in [-0.4, -0.2) is 51.5 Å². The van der Waals surface area contributed by atoms with Gasteiger partial charge in [-0.15, -0.1) is 11.3 Å². The summed E-state index contributed by atoms with van der Waals surface area (Å²) in [7, 11) is 0. The molecule has 3 aromatic rings. The van der Waals surface area contributed by atoms with Gasteiger partial charge in [-0.25, -0.2) is 9.97 Å². The fraction of sp³-hybridized carbons (Fsp3) is 0.538. The monoisotopic (exact) mass is 479 g/mol. The highest BCUT2D eigenvalue weighted by atomic mass is 32.1. The number of carbonyl (C=O) groups excluding carboxylic acids is 1. The zero-order valence-corrected chi connectivity index (χ0v) is 21.1. The first kappa shape index (κ1) is 23.0. The Morgan fingerprint density at radius 2 is 1.94 bits per heavy atom. The first-order chi connectivity index (χ1) is 16.3. The summed E-state index contributed by atoms with van der Waals surface area (Å²) >= 11 is 1.68. The minimum Gasteiger partial charge on any atom is -0.353 e. The molecule has 180 valence electrons. The largest absolute Gasteiger partial charge is 0.353 e. The molecule has 7 nitrogen and oxygen atoms in total. The molecular weight excluding hydrogens is 446 g/mol. The van der Waals surface area contributed by atoms with E-state index in [1.807, 2.05) is 23.1 Å². The van der Waals surface area contributed by atoms with Gasteiger partial charge in [0.15, 0.2) is 0 Å². The Morgan fingerprint density at radius 3 is 2.65 bits per heavy atom. The van der Waals surface area contributed by atoms with Gasteiger partial charge in [-0.1, -0.05) is 26.8 Å². The van der Waals surface area contributed by atoms with E-state index in [0.717, 1.165) is 48.4 Å². The molecule has 0 N–H and O–H groups in total. The van der Waals surface area contributed by atoms with E-state index in [2.05, 4.69) is 35.6 Å². The Kier molecular flexibility index (Phi) is 6.18. The number of fused-ring (bicyclic) bond motifs is 3. The molecule has 0 bridgehead atoms. The lowest BCUT2D eigenvalue weighted by Gasteiger charge is -2.35. The van der Waals surface area contributed by atoms with Gasteiger partial charge in [-0.05, 0) is 48.3 Å². The molecule has 34 heavy (non-hydrogen) atoms. The van der Waals surface area contributed by atoms with Gasteiger partial charge in [0.25, 0.3) is 5.56 Å². The Morgan fingerprint density at radius 1 is 1.15 bits per heavy atom. The van der Waals surface area contributed by atoms with Gasteiger partial charge in [0.2, 0.25) is 5.91 Å². The molecule has 5 rings (SSSR count). The number of nitrogens with zero attached hydrogens (tertiary/aromatic N) is 5. The number of pyridine rings is 1. The van der Waals surface area contributed by atoms with Gasteiger partial charge in [0.1, 0.15) is 10.6 Å². The first-order valence-corrected chi connectivity index (χ1v) is 13.1. The Labute approximate surface area is 204 Å². The lowest BCUT2D eigenvalue weighted by atomic mass is 9.72. The summed E-state index contributed by atoms with van der Waals surface area (Å²) < 4.78 is 1.63. The second-order valence-electron chi connectivity index (χ2n) is 10.5. The van der Waals surface area contributed by atoms with Crippen molar-refractivity contribution >= 4 is 33.3 Å². The lowest BCUT2D eigenvalue weighted by Crippen LogP contribution is -2.49. The third-order valence-electron chi connectivity index (χ3n) is 7.43. The number of rotatable bonds is 4. The second-order valence-corrected chi connectivity index (χ2v) is 11.6. The predicted octanol–water partition coefficient (Wildman–Crippen LogP) is 3.74. The number of aryl methyl sites for hydroxylation is 2. The van der Waals surface area contributed by atoms with Crippen LogP contribution in [-0.2, 0) is 24.2 Å². The molecule has 1 fully saturated rings. The lowest BCUT2D eigenvalue weighted by molar-refractivity contribution is -0.131. The average molecular weight is 480 g/mol. The molecule has 8 heteroatoms. The van der Waals surface area contributed by atoms with Crippen molar-refractivity contribution in [2.75, 3.05) is 31.1 Å². The van der Waals surface area contributed by atoms with Crippen molar-refractivity contribution in [3.8, 4) is 0 Å². The Hall–Kier alpha value is -2.74. The van der Waals surface area contributed by atoms with E-state index in [-0.39, 0.29) is 16.9 Å². The average Bonchev–Trinajstić information content (AvgIpc) is 3.22. The van der Waals surface area contributed by atoms with Crippen LogP contribution in [0.3, 0.4) is 0 Å². The molecule has 1 amide bonds. The minimum atomic E-state index is 0.00415. The third-order valence-corrected chi connectivity index (χ3v) is 8.60. The van der Waals surface area contributed by atoms with Gasteiger partial charge in [0, 0.05) is 50.2 Å². The van der Waals surface area contributed by atoms with Crippen LogP contribution in [0.4, 0.5) is 5.82 Å². The number of anilines is 1. The van der Waals surface area contributed by atoms with Gasteiger partial charge in [-0.2, -0.15) is 0 Å². The highest BCUT2D eigenvalue weighted by Crippen LogP contribution is 2.41. The molecule has 0 saturated carbocycles. The number of thiophene rings is 1. The van der Waals surface area contributed by atoms with E-state index < -0.39 is 0 Å². The smallest absolute Gasteiger partial charge is 0.262 e. The van der Waals surface area contributed by atoms with Crippen molar-refractivity contribution in [3.05, 3.63) is 51.5 Å². The van der Waals surface area contributed by atoms with Crippen molar-refractivity contribution < 1.29 is 4.79 Å². The summed E-state index contributed by atoms with van der Waals surface area (Å²) in [5.74, 6) is 1.67. The minimum absolute atomic E-state index is 0.00415. The topological polar surface area (TPSA) is 71.3 Å². The van der Waals surface area contributed by atoms with E-state index >= 15 is 0 Å². The van der Waals surface area contributed by atoms with E-state index in [4.69, 9.17) is 0 Å². The highest BCUT2D eigenvalue weighted by Gasteiger charge is 2.32. The molecule has 1 saturated heterocycles. The molecule has 4 heterocycles. The quantitative estimate of drug-likeness (QED) is 0.570. The van der Waals surface area contributed by atoms with Crippen LogP contribution < -0.4 is 10.5 Å². The number of aromatic nitrogens is 3. The van der Waals surface area contributed by atoms with E-state index in [0.29, 0.717) is 32.0 Å². The fourth-order valence-electron chi connectivity index (χ4n) is 5.20. The van der Waals surface area contributed by atoms with E-state index in [1.165, 1.54) is 10.4 Å². The maximum Gasteiger partial charge on any atom is 0.262 e. The Bertz CT molecular complexity index is 1240. The molecule has 1 aliphatic carbocycles. The molecule has 2 aliphatic rings. The molecule has 0 radical (unpaired) electrons. The van der Waals surface area contributed by atoms with Crippen molar-refractivity contribution in [2.24, 2.45) is 11.3 Å². The summed E-state index contributed by atoms with van der Waals surface area (Å²) in [4.78, 5) is 41.5. The number of amides is 1. The predicted molar refractivity (Wildman–Crippen MR) is 136 cm³/mol. The second kappa shape index (κ2) is 9.13. The summed E-state index contributed by atoms with van der Waals surface area (Å²) in [5, 5.41) is 0.784. The van der Waals surface area contributed by atoms with Crippen molar-refractivity contribution in [1.29, 1.82) is 0 Å². The van der Waals surface area contributed by atoms with Gasteiger partial charge < -0.3 is 9.80 Å². The number of carbonyl (C=O) groups is 1. The Balaban J connectivity index is 1.24. The first-order valence-electron chi connectivity index (χ1n) is 12.2. The molecule has 0 spiro atoms. The van der Waals surface area contributed by atoms with Crippen molar-refractivity contribution in [2.45, 2.75) is 53.0 Å². The summed E-state index contributed by atoms with van der Waals surface area (Å²) in [6.07, 6.45) is 6.82. The third kappa shape index (κ3) is 4.48. The zero-order valence-electron chi connectivity index (χ0n) is 20.3.